The number of ether oxygens (including phenoxy) is 1. The predicted octanol–water partition coefficient (Wildman–Crippen LogP) is 4.33. The number of hydrogen-bond donors (Lipinski definition) is 1. The molecule has 1 aromatic carbocycles. The average molecular weight is 475 g/mol. The summed E-state index contributed by atoms with van der Waals surface area (Å²) in [6, 6.07) is 0. The molecule has 8 nitrogen and oxygen atoms in total. The summed E-state index contributed by atoms with van der Waals surface area (Å²) in [4.78, 5) is 23.1. The summed E-state index contributed by atoms with van der Waals surface area (Å²) in [5, 5.41) is 12.2. The quantitative estimate of drug-likeness (QED) is 0.232. The number of Topliss-reactive ketones (excluding diaryl/α,β-unsaturated/α-hetero) is 1. The minimum atomic E-state index is -5.49. The fourth-order valence-corrected chi connectivity index (χ4v) is 3.57. The number of halogens is 7. The number of rotatable bonds is 4. The second-order valence-corrected chi connectivity index (χ2v) is 6.85. The van der Waals surface area contributed by atoms with E-state index in [0.717, 1.165) is 0 Å². The van der Waals surface area contributed by atoms with E-state index in [-0.39, 0.29) is 17.7 Å². The van der Waals surface area contributed by atoms with Crippen LogP contribution in [0.1, 0.15) is 28.9 Å². The molecule has 1 fully saturated rings. The van der Waals surface area contributed by atoms with Crippen molar-refractivity contribution in [2.75, 3.05) is 12.3 Å². The van der Waals surface area contributed by atoms with Gasteiger partial charge in [-0.15, -0.1) is 5.10 Å². The molecular formula is C15H9Cl2F5N4O4. The van der Waals surface area contributed by atoms with Gasteiger partial charge in [0, 0.05) is 6.61 Å². The third-order valence-electron chi connectivity index (χ3n) is 4.26. The van der Waals surface area contributed by atoms with Crippen molar-refractivity contribution >= 4 is 40.5 Å². The van der Waals surface area contributed by atoms with Crippen LogP contribution in [0.4, 0.5) is 33.5 Å². The molecule has 15 heteroatoms. The highest BCUT2D eigenvalue weighted by Gasteiger charge is 2.44. The predicted molar refractivity (Wildman–Crippen MR) is 92.9 cm³/mol. The molecule has 0 aliphatic carbocycles. The van der Waals surface area contributed by atoms with Gasteiger partial charge in [0.15, 0.2) is 17.3 Å². The molecule has 1 unspecified atom stereocenters. The molecule has 1 atom stereocenters. The van der Waals surface area contributed by atoms with Crippen LogP contribution >= 0.6 is 23.2 Å². The number of benzene rings is 1. The Morgan fingerprint density at radius 1 is 1.27 bits per heavy atom. The highest BCUT2D eigenvalue weighted by Crippen LogP contribution is 2.44. The van der Waals surface area contributed by atoms with Crippen LogP contribution in [-0.4, -0.2) is 33.2 Å². The highest BCUT2D eigenvalue weighted by atomic mass is 35.5. The van der Waals surface area contributed by atoms with Crippen molar-refractivity contribution in [2.45, 2.75) is 25.1 Å². The lowest BCUT2D eigenvalue weighted by molar-refractivity contribution is -0.384. The summed E-state index contributed by atoms with van der Waals surface area (Å²) in [7, 11) is 0. The fraction of sp³-hybridized carbons (Fsp3) is 0.333. The molecule has 0 bridgehead atoms. The molecule has 2 aromatic rings. The number of aromatic nitrogens is 2. The minimum absolute atomic E-state index is 0.165. The third kappa shape index (κ3) is 3.46. The van der Waals surface area contributed by atoms with Crippen LogP contribution in [0.25, 0.3) is 5.69 Å². The van der Waals surface area contributed by atoms with Crippen molar-refractivity contribution in [1.82, 2.24) is 9.78 Å². The zero-order valence-corrected chi connectivity index (χ0v) is 15.9. The molecule has 2 heterocycles. The summed E-state index contributed by atoms with van der Waals surface area (Å²) in [6.45, 7) is 0.166. The molecule has 162 valence electrons. The number of nitro groups is 1. The Bertz CT molecular complexity index is 1040. The summed E-state index contributed by atoms with van der Waals surface area (Å²) >= 11 is 11.3. The Morgan fingerprint density at radius 3 is 2.27 bits per heavy atom. The van der Waals surface area contributed by atoms with Gasteiger partial charge in [-0.3, -0.25) is 14.9 Å². The second kappa shape index (κ2) is 7.63. The number of nitrogen functional groups attached to an aromatic ring is 1. The molecule has 0 spiro atoms. The molecule has 1 saturated heterocycles. The smallest absolute Gasteiger partial charge is 0.376 e. The van der Waals surface area contributed by atoms with E-state index in [1.807, 2.05) is 0 Å². The van der Waals surface area contributed by atoms with Crippen LogP contribution in [0.2, 0.25) is 10.0 Å². The Kier molecular flexibility index (Phi) is 5.64. The Morgan fingerprint density at radius 2 is 1.83 bits per heavy atom. The number of anilines is 1. The first-order valence-corrected chi connectivity index (χ1v) is 8.75. The maximum absolute atomic E-state index is 14.3. The van der Waals surface area contributed by atoms with Crippen LogP contribution in [0, 0.1) is 21.7 Å². The van der Waals surface area contributed by atoms with E-state index < -0.39 is 73.1 Å². The first-order chi connectivity index (χ1) is 13.9. The SMILES string of the molecule is Nc1nn(-c2c(Cl)c(F)c(C(F)(F)F)c(F)c2Cl)c(C(=O)C2CCCO2)c1[N+](=O)[O-]. The van der Waals surface area contributed by atoms with Crippen LogP contribution in [0.15, 0.2) is 0 Å². The minimum Gasteiger partial charge on any atom is -0.376 e. The largest absolute Gasteiger partial charge is 0.422 e. The van der Waals surface area contributed by atoms with Crippen LogP contribution < -0.4 is 5.73 Å². The average Bonchev–Trinajstić information content (AvgIpc) is 3.26. The van der Waals surface area contributed by atoms with E-state index in [1.54, 1.807) is 0 Å². The molecule has 3 rings (SSSR count). The van der Waals surface area contributed by atoms with Gasteiger partial charge < -0.3 is 10.5 Å². The Balaban J connectivity index is 2.36. The molecule has 0 radical (unpaired) electrons. The monoisotopic (exact) mass is 474 g/mol. The first kappa shape index (κ1) is 22.2. The van der Waals surface area contributed by atoms with Gasteiger partial charge in [0.05, 0.1) is 4.92 Å². The van der Waals surface area contributed by atoms with Crippen molar-refractivity contribution in [3.63, 3.8) is 0 Å². The molecule has 2 N–H and O–H groups in total. The van der Waals surface area contributed by atoms with E-state index >= 15 is 0 Å². The van der Waals surface area contributed by atoms with Gasteiger partial charge in [0.2, 0.25) is 11.6 Å². The number of nitrogens with two attached hydrogens (primary N) is 1. The van der Waals surface area contributed by atoms with Crippen molar-refractivity contribution < 1.29 is 36.4 Å². The number of nitrogens with zero attached hydrogens (tertiary/aromatic N) is 3. The summed E-state index contributed by atoms with van der Waals surface area (Å²) in [5.41, 5.74) is 0.111. The fourth-order valence-electron chi connectivity index (χ4n) is 2.98. The van der Waals surface area contributed by atoms with Crippen molar-refractivity contribution in [1.29, 1.82) is 0 Å². The topological polar surface area (TPSA) is 113 Å². The van der Waals surface area contributed by atoms with Crippen molar-refractivity contribution in [3.05, 3.63) is 43.1 Å². The number of ketones is 1. The van der Waals surface area contributed by atoms with Crippen LogP contribution in [0.5, 0.6) is 0 Å². The third-order valence-corrected chi connectivity index (χ3v) is 4.95. The maximum Gasteiger partial charge on any atom is 0.422 e. The summed E-state index contributed by atoms with van der Waals surface area (Å²) in [5.74, 6) is -6.37. The second-order valence-electron chi connectivity index (χ2n) is 6.09. The number of carbonyl (C=O) groups excluding carboxylic acids is 1. The first-order valence-electron chi connectivity index (χ1n) is 8.00. The number of alkyl halides is 3. The van der Waals surface area contributed by atoms with Crippen LogP contribution in [0.3, 0.4) is 0 Å². The lowest BCUT2D eigenvalue weighted by Crippen LogP contribution is -2.24. The van der Waals surface area contributed by atoms with Crippen molar-refractivity contribution in [2.24, 2.45) is 0 Å². The van der Waals surface area contributed by atoms with E-state index in [4.69, 9.17) is 33.7 Å². The molecule has 0 saturated carbocycles. The van der Waals surface area contributed by atoms with E-state index in [0.29, 0.717) is 6.42 Å². The number of hydrogen-bond acceptors (Lipinski definition) is 6. The molecular weight excluding hydrogens is 466 g/mol. The zero-order valence-electron chi connectivity index (χ0n) is 14.4. The highest BCUT2D eigenvalue weighted by molar-refractivity contribution is 6.38. The van der Waals surface area contributed by atoms with Gasteiger partial charge in [-0.05, 0) is 12.8 Å². The van der Waals surface area contributed by atoms with Gasteiger partial charge in [0.1, 0.15) is 27.4 Å². The van der Waals surface area contributed by atoms with Gasteiger partial charge in [-0.2, -0.15) is 13.2 Å². The molecule has 1 aliphatic heterocycles. The standard InChI is InChI=1S/C15H9Cl2F5N4O4/c16-6-8(18)5(15(20,21)22)9(19)7(17)10(6)25-11(12(26(28)29)14(23)24-25)13(27)4-2-1-3-30-4/h4H,1-3H2,(H2,23,24). The molecule has 1 aliphatic rings. The summed E-state index contributed by atoms with van der Waals surface area (Å²) < 4.78 is 73.0. The van der Waals surface area contributed by atoms with Crippen molar-refractivity contribution in [3.8, 4) is 5.69 Å². The Labute approximate surface area is 173 Å². The lowest BCUT2D eigenvalue weighted by Gasteiger charge is -2.17. The van der Waals surface area contributed by atoms with Gasteiger partial charge >= 0.3 is 11.9 Å². The van der Waals surface area contributed by atoms with Gasteiger partial charge in [0.25, 0.3) is 0 Å². The van der Waals surface area contributed by atoms with Crippen LogP contribution in [-0.2, 0) is 10.9 Å². The van der Waals surface area contributed by atoms with E-state index in [2.05, 4.69) is 5.10 Å². The van der Waals surface area contributed by atoms with Gasteiger partial charge in [-0.25, -0.2) is 13.5 Å². The maximum atomic E-state index is 14.3. The number of carbonyl (C=O) groups is 1. The molecule has 30 heavy (non-hydrogen) atoms. The molecule has 1 aromatic heterocycles. The lowest BCUT2D eigenvalue weighted by atomic mass is 10.1. The summed E-state index contributed by atoms with van der Waals surface area (Å²) in [6.07, 6.45) is -6.05. The van der Waals surface area contributed by atoms with Gasteiger partial charge in [-0.1, -0.05) is 23.2 Å². The van der Waals surface area contributed by atoms with E-state index in [1.165, 1.54) is 0 Å². The Hall–Kier alpha value is -2.51. The molecule has 0 amide bonds. The normalized spacial score (nSPS) is 16.8. The van der Waals surface area contributed by atoms with E-state index in [9.17, 15) is 36.9 Å². The zero-order chi connectivity index (χ0) is 22.5.